The van der Waals surface area contributed by atoms with E-state index in [4.69, 9.17) is 21.1 Å². The van der Waals surface area contributed by atoms with E-state index in [-0.39, 0.29) is 6.61 Å². The summed E-state index contributed by atoms with van der Waals surface area (Å²) in [6, 6.07) is 12.2. The molecule has 25 heavy (non-hydrogen) atoms. The van der Waals surface area contributed by atoms with Crippen molar-refractivity contribution < 1.29 is 19.1 Å². The van der Waals surface area contributed by atoms with Crippen LogP contribution in [0.3, 0.4) is 0 Å². The second-order valence-corrected chi connectivity index (χ2v) is 6.10. The van der Waals surface area contributed by atoms with Crippen LogP contribution in [-0.4, -0.2) is 24.6 Å². The van der Waals surface area contributed by atoms with Gasteiger partial charge in [0.1, 0.15) is 5.75 Å². The van der Waals surface area contributed by atoms with Gasteiger partial charge in [-0.1, -0.05) is 17.7 Å². The van der Waals surface area contributed by atoms with Gasteiger partial charge in [0, 0.05) is 10.7 Å². The van der Waals surface area contributed by atoms with Gasteiger partial charge >= 0.3 is 5.97 Å². The second-order valence-electron chi connectivity index (χ2n) is 5.66. The summed E-state index contributed by atoms with van der Waals surface area (Å²) in [5.41, 5.74) is 2.78. The summed E-state index contributed by atoms with van der Waals surface area (Å²) < 4.78 is 10.5. The molecule has 0 aliphatic heterocycles. The lowest BCUT2D eigenvalue weighted by molar-refractivity contribution is -0.155. The molecule has 0 aliphatic rings. The quantitative estimate of drug-likeness (QED) is 0.792. The van der Waals surface area contributed by atoms with E-state index < -0.39 is 18.0 Å². The fourth-order valence-electron chi connectivity index (χ4n) is 2.01. The van der Waals surface area contributed by atoms with Crippen LogP contribution >= 0.6 is 11.6 Å². The van der Waals surface area contributed by atoms with E-state index in [1.54, 1.807) is 30.3 Å². The number of benzene rings is 2. The Morgan fingerprint density at radius 2 is 1.76 bits per heavy atom. The van der Waals surface area contributed by atoms with Gasteiger partial charge in [-0.05, 0) is 68.3 Å². The summed E-state index contributed by atoms with van der Waals surface area (Å²) in [4.78, 5) is 23.9. The summed E-state index contributed by atoms with van der Waals surface area (Å²) in [5, 5.41) is 3.22. The van der Waals surface area contributed by atoms with Crippen LogP contribution in [0.15, 0.2) is 42.5 Å². The highest BCUT2D eigenvalue weighted by molar-refractivity contribution is 6.30. The normalized spacial score (nSPS) is 11.5. The molecule has 0 saturated carbocycles. The van der Waals surface area contributed by atoms with Crippen LogP contribution in [0.2, 0.25) is 5.02 Å². The number of halogens is 1. The third-order valence-corrected chi connectivity index (χ3v) is 3.88. The first-order valence-electron chi connectivity index (χ1n) is 7.81. The van der Waals surface area contributed by atoms with E-state index in [0.29, 0.717) is 16.5 Å². The largest absolute Gasteiger partial charge is 0.482 e. The molecule has 6 heteroatoms. The Hall–Kier alpha value is -2.53. The maximum absolute atomic E-state index is 12.0. The Labute approximate surface area is 151 Å². The number of aryl methyl sites for hydroxylation is 2. The number of anilines is 1. The van der Waals surface area contributed by atoms with E-state index in [0.717, 1.165) is 11.1 Å². The molecule has 2 aromatic rings. The van der Waals surface area contributed by atoms with Crippen molar-refractivity contribution in [1.82, 2.24) is 0 Å². The van der Waals surface area contributed by atoms with E-state index in [2.05, 4.69) is 5.32 Å². The number of ether oxygens (including phenoxy) is 2. The van der Waals surface area contributed by atoms with Crippen LogP contribution in [0.4, 0.5) is 5.69 Å². The van der Waals surface area contributed by atoms with Gasteiger partial charge in [-0.15, -0.1) is 0 Å². The van der Waals surface area contributed by atoms with Gasteiger partial charge in [-0.3, -0.25) is 4.79 Å². The molecule has 132 valence electrons. The van der Waals surface area contributed by atoms with Crippen molar-refractivity contribution in [2.45, 2.75) is 26.9 Å². The highest BCUT2D eigenvalue weighted by Crippen LogP contribution is 2.16. The Bertz CT molecular complexity index is 759. The smallest absolute Gasteiger partial charge is 0.344 e. The Balaban J connectivity index is 1.81. The highest BCUT2D eigenvalue weighted by Gasteiger charge is 2.18. The monoisotopic (exact) mass is 361 g/mol. The average molecular weight is 362 g/mol. The molecule has 0 aromatic heterocycles. The van der Waals surface area contributed by atoms with Gasteiger partial charge in [-0.2, -0.15) is 0 Å². The minimum absolute atomic E-state index is 0.263. The average Bonchev–Trinajstić information content (AvgIpc) is 2.58. The van der Waals surface area contributed by atoms with E-state index in [1.807, 2.05) is 26.0 Å². The Kier molecular flexibility index (Phi) is 6.42. The van der Waals surface area contributed by atoms with Gasteiger partial charge in [0.2, 0.25) is 0 Å². The zero-order valence-electron chi connectivity index (χ0n) is 14.3. The van der Waals surface area contributed by atoms with Crippen LogP contribution in [0.1, 0.15) is 18.1 Å². The number of hydrogen-bond acceptors (Lipinski definition) is 4. The van der Waals surface area contributed by atoms with Crippen LogP contribution in [-0.2, 0) is 14.3 Å². The molecule has 5 nitrogen and oxygen atoms in total. The first-order valence-corrected chi connectivity index (χ1v) is 8.19. The van der Waals surface area contributed by atoms with Crippen molar-refractivity contribution in [3.8, 4) is 5.75 Å². The molecule has 2 rings (SSSR count). The van der Waals surface area contributed by atoms with Crippen LogP contribution in [0.5, 0.6) is 5.75 Å². The van der Waals surface area contributed by atoms with Crippen molar-refractivity contribution in [1.29, 1.82) is 0 Å². The lowest BCUT2D eigenvalue weighted by Crippen LogP contribution is -2.31. The van der Waals surface area contributed by atoms with E-state index in [1.165, 1.54) is 6.92 Å². The highest BCUT2D eigenvalue weighted by atomic mass is 35.5. The maximum Gasteiger partial charge on any atom is 0.344 e. The first-order chi connectivity index (χ1) is 11.8. The summed E-state index contributed by atoms with van der Waals surface area (Å²) in [5.74, 6) is -0.461. The molecule has 1 N–H and O–H groups in total. The van der Waals surface area contributed by atoms with Crippen molar-refractivity contribution in [3.63, 3.8) is 0 Å². The summed E-state index contributed by atoms with van der Waals surface area (Å²) >= 11 is 5.79. The predicted molar refractivity (Wildman–Crippen MR) is 97.0 cm³/mol. The lowest BCUT2D eigenvalue weighted by Gasteiger charge is -2.14. The van der Waals surface area contributed by atoms with Gasteiger partial charge in [0.15, 0.2) is 12.7 Å². The Morgan fingerprint density at radius 3 is 2.40 bits per heavy atom. The van der Waals surface area contributed by atoms with Crippen molar-refractivity contribution in [3.05, 3.63) is 58.6 Å². The van der Waals surface area contributed by atoms with E-state index in [9.17, 15) is 9.59 Å². The standard InChI is InChI=1S/C19H20ClNO4/c1-12-4-9-17(10-13(12)2)24-11-18(22)25-14(3)19(23)21-16-7-5-15(20)6-8-16/h4-10,14H,11H2,1-3H3,(H,21,23)/t14-/m0/s1. The molecule has 0 heterocycles. The number of rotatable bonds is 6. The number of carbonyl (C=O) groups excluding carboxylic acids is 2. The lowest BCUT2D eigenvalue weighted by atomic mass is 10.1. The summed E-state index contributed by atoms with van der Waals surface area (Å²) in [7, 11) is 0. The molecule has 0 fully saturated rings. The maximum atomic E-state index is 12.0. The molecule has 0 aliphatic carbocycles. The predicted octanol–water partition coefficient (Wildman–Crippen LogP) is 3.91. The van der Waals surface area contributed by atoms with Gasteiger partial charge < -0.3 is 14.8 Å². The third kappa shape index (κ3) is 5.80. The number of carbonyl (C=O) groups is 2. The van der Waals surface area contributed by atoms with Crippen LogP contribution < -0.4 is 10.1 Å². The minimum atomic E-state index is -0.938. The minimum Gasteiger partial charge on any atom is -0.482 e. The Morgan fingerprint density at radius 1 is 1.08 bits per heavy atom. The number of hydrogen-bond donors (Lipinski definition) is 1. The fraction of sp³-hybridized carbons (Fsp3) is 0.263. The molecular weight excluding hydrogens is 342 g/mol. The number of nitrogens with one attached hydrogen (secondary N) is 1. The molecular formula is C19H20ClNO4. The molecule has 1 amide bonds. The topological polar surface area (TPSA) is 64.6 Å². The molecule has 2 aromatic carbocycles. The van der Waals surface area contributed by atoms with Crippen LogP contribution in [0, 0.1) is 13.8 Å². The molecule has 0 unspecified atom stereocenters. The molecule has 0 spiro atoms. The van der Waals surface area contributed by atoms with Gasteiger partial charge in [0.25, 0.3) is 5.91 Å². The zero-order chi connectivity index (χ0) is 18.4. The van der Waals surface area contributed by atoms with Crippen molar-refractivity contribution in [2.24, 2.45) is 0 Å². The fourth-order valence-corrected chi connectivity index (χ4v) is 2.13. The molecule has 1 atom stereocenters. The van der Waals surface area contributed by atoms with Crippen molar-refractivity contribution >= 4 is 29.2 Å². The summed E-state index contributed by atoms with van der Waals surface area (Å²) in [6.45, 7) is 5.19. The molecule has 0 radical (unpaired) electrons. The number of esters is 1. The first kappa shape index (κ1) is 18.8. The van der Waals surface area contributed by atoms with Crippen molar-refractivity contribution in [2.75, 3.05) is 11.9 Å². The third-order valence-electron chi connectivity index (χ3n) is 3.62. The zero-order valence-corrected chi connectivity index (χ0v) is 15.1. The second kappa shape index (κ2) is 8.53. The molecule has 0 bridgehead atoms. The van der Waals surface area contributed by atoms with Gasteiger partial charge in [0.05, 0.1) is 0 Å². The summed E-state index contributed by atoms with van der Waals surface area (Å²) in [6.07, 6.45) is -0.938. The van der Waals surface area contributed by atoms with Crippen LogP contribution in [0.25, 0.3) is 0 Å². The van der Waals surface area contributed by atoms with E-state index >= 15 is 0 Å². The molecule has 0 saturated heterocycles. The van der Waals surface area contributed by atoms with Gasteiger partial charge in [-0.25, -0.2) is 4.79 Å². The number of amides is 1. The SMILES string of the molecule is Cc1ccc(OCC(=O)O[C@@H](C)C(=O)Nc2ccc(Cl)cc2)cc1C.